The number of hydrogen-bond acceptors (Lipinski definition) is 3. The van der Waals surface area contributed by atoms with Crippen molar-refractivity contribution in [2.45, 2.75) is 32.3 Å². The standard InChI is InChI=1S/C13H16N2O2.ClH/c1-7-4-11-10(5-8(6-14)17-11)9-2-3-12(16)15-13(7)9;/h4,8H,2-3,5-6,14H2,1H3,(H,15,16);1H. The molecule has 0 spiro atoms. The average molecular weight is 269 g/mol. The number of hydrogen-bond donors (Lipinski definition) is 2. The van der Waals surface area contributed by atoms with E-state index in [-0.39, 0.29) is 24.4 Å². The molecule has 0 radical (unpaired) electrons. The highest BCUT2D eigenvalue weighted by Gasteiger charge is 2.29. The van der Waals surface area contributed by atoms with Gasteiger partial charge in [-0.3, -0.25) is 4.79 Å². The maximum absolute atomic E-state index is 11.4. The third-order valence-electron chi connectivity index (χ3n) is 3.56. The van der Waals surface area contributed by atoms with Crippen LogP contribution in [0.3, 0.4) is 0 Å². The topological polar surface area (TPSA) is 64.4 Å². The summed E-state index contributed by atoms with van der Waals surface area (Å²) in [5.41, 5.74) is 10.2. The summed E-state index contributed by atoms with van der Waals surface area (Å²) in [6.07, 6.45) is 2.33. The van der Waals surface area contributed by atoms with Gasteiger partial charge in [0.05, 0.1) is 0 Å². The lowest BCUT2D eigenvalue weighted by atomic mass is 9.92. The number of anilines is 1. The number of rotatable bonds is 1. The van der Waals surface area contributed by atoms with Gasteiger partial charge in [0.15, 0.2) is 0 Å². The molecule has 3 N–H and O–H groups in total. The minimum absolute atomic E-state index is 0. The third kappa shape index (κ3) is 1.95. The van der Waals surface area contributed by atoms with E-state index >= 15 is 0 Å². The summed E-state index contributed by atoms with van der Waals surface area (Å²) in [6, 6.07) is 2.01. The Kier molecular flexibility index (Phi) is 3.50. The zero-order chi connectivity index (χ0) is 12.0. The van der Waals surface area contributed by atoms with Crippen LogP contribution >= 0.6 is 12.4 Å². The second kappa shape index (κ2) is 4.78. The predicted octanol–water partition coefficient (Wildman–Crippen LogP) is 1.56. The van der Waals surface area contributed by atoms with Crippen LogP contribution < -0.4 is 15.8 Å². The number of halogens is 1. The number of fused-ring (bicyclic) bond motifs is 3. The number of carbonyl (C=O) groups is 1. The molecule has 2 aliphatic rings. The van der Waals surface area contributed by atoms with Crippen LogP contribution in [0.4, 0.5) is 5.69 Å². The van der Waals surface area contributed by atoms with Crippen molar-refractivity contribution in [3.05, 3.63) is 22.8 Å². The molecule has 1 aromatic carbocycles. The number of nitrogens with two attached hydrogens (primary N) is 1. The van der Waals surface area contributed by atoms with E-state index in [0.717, 1.165) is 29.8 Å². The van der Waals surface area contributed by atoms with Crippen LogP contribution in [-0.4, -0.2) is 18.6 Å². The molecule has 0 aromatic heterocycles. The van der Waals surface area contributed by atoms with Gasteiger partial charge < -0.3 is 15.8 Å². The first kappa shape index (κ1) is 13.2. The van der Waals surface area contributed by atoms with Gasteiger partial charge in [-0.05, 0) is 30.5 Å². The maximum Gasteiger partial charge on any atom is 0.224 e. The van der Waals surface area contributed by atoms with E-state index in [2.05, 4.69) is 5.32 Å². The predicted molar refractivity (Wildman–Crippen MR) is 72.6 cm³/mol. The maximum atomic E-state index is 11.4. The molecule has 2 aliphatic heterocycles. The van der Waals surface area contributed by atoms with Gasteiger partial charge in [0.1, 0.15) is 11.9 Å². The van der Waals surface area contributed by atoms with Gasteiger partial charge in [-0.25, -0.2) is 0 Å². The Morgan fingerprint density at radius 2 is 2.22 bits per heavy atom. The number of nitrogens with one attached hydrogen (secondary N) is 1. The molecule has 98 valence electrons. The fraction of sp³-hybridized carbons (Fsp3) is 0.462. The van der Waals surface area contributed by atoms with Crippen molar-refractivity contribution >= 4 is 24.0 Å². The quantitative estimate of drug-likeness (QED) is 0.813. The zero-order valence-corrected chi connectivity index (χ0v) is 11.1. The van der Waals surface area contributed by atoms with E-state index in [1.165, 1.54) is 11.1 Å². The molecule has 18 heavy (non-hydrogen) atoms. The highest BCUT2D eigenvalue weighted by atomic mass is 35.5. The molecular weight excluding hydrogens is 252 g/mol. The number of ether oxygens (including phenoxy) is 1. The average Bonchev–Trinajstić information content (AvgIpc) is 2.72. The normalized spacial score (nSPS) is 20.3. The van der Waals surface area contributed by atoms with Crippen LogP contribution in [0.2, 0.25) is 0 Å². The van der Waals surface area contributed by atoms with Gasteiger partial charge in [0.2, 0.25) is 5.91 Å². The van der Waals surface area contributed by atoms with E-state index in [9.17, 15) is 4.79 Å². The van der Waals surface area contributed by atoms with Crippen molar-refractivity contribution < 1.29 is 9.53 Å². The molecule has 0 aliphatic carbocycles. The molecule has 1 atom stereocenters. The molecule has 0 saturated carbocycles. The smallest absolute Gasteiger partial charge is 0.224 e. The number of aryl methyl sites for hydroxylation is 1. The van der Waals surface area contributed by atoms with Gasteiger partial charge in [0, 0.05) is 30.6 Å². The fourth-order valence-corrected chi connectivity index (χ4v) is 2.69. The SMILES string of the molecule is Cc1cc2c(c3c1NC(=O)CC3)CC(CN)O2.Cl. The Labute approximate surface area is 112 Å². The lowest BCUT2D eigenvalue weighted by Gasteiger charge is -2.21. The zero-order valence-electron chi connectivity index (χ0n) is 10.3. The van der Waals surface area contributed by atoms with E-state index in [1.54, 1.807) is 0 Å². The molecule has 0 bridgehead atoms. The molecule has 1 amide bonds. The van der Waals surface area contributed by atoms with Gasteiger partial charge in [-0.15, -0.1) is 12.4 Å². The molecule has 5 heteroatoms. The van der Waals surface area contributed by atoms with Gasteiger partial charge in [-0.2, -0.15) is 0 Å². The van der Waals surface area contributed by atoms with Gasteiger partial charge >= 0.3 is 0 Å². The Morgan fingerprint density at radius 3 is 2.94 bits per heavy atom. The Balaban J connectivity index is 0.00000120. The van der Waals surface area contributed by atoms with Crippen molar-refractivity contribution in [1.82, 2.24) is 0 Å². The minimum Gasteiger partial charge on any atom is -0.488 e. The van der Waals surface area contributed by atoms with E-state index in [1.807, 2.05) is 13.0 Å². The monoisotopic (exact) mass is 268 g/mol. The van der Waals surface area contributed by atoms with Crippen LogP contribution in [-0.2, 0) is 17.6 Å². The number of carbonyl (C=O) groups excluding carboxylic acids is 1. The molecule has 4 nitrogen and oxygen atoms in total. The largest absolute Gasteiger partial charge is 0.488 e. The third-order valence-corrected chi connectivity index (χ3v) is 3.56. The van der Waals surface area contributed by atoms with Crippen LogP contribution in [0.1, 0.15) is 23.1 Å². The van der Waals surface area contributed by atoms with Crippen LogP contribution in [0.25, 0.3) is 0 Å². The fourth-order valence-electron chi connectivity index (χ4n) is 2.69. The first-order valence-corrected chi connectivity index (χ1v) is 6.01. The second-order valence-corrected chi connectivity index (χ2v) is 4.75. The van der Waals surface area contributed by atoms with Crippen LogP contribution in [0.5, 0.6) is 5.75 Å². The highest BCUT2D eigenvalue weighted by molar-refractivity contribution is 5.95. The first-order chi connectivity index (χ1) is 8.19. The van der Waals surface area contributed by atoms with Gasteiger partial charge in [0.25, 0.3) is 0 Å². The molecular formula is C13H17ClN2O2. The number of amides is 1. The Morgan fingerprint density at radius 1 is 1.44 bits per heavy atom. The Bertz CT molecular complexity index is 502. The molecule has 2 heterocycles. The van der Waals surface area contributed by atoms with E-state index < -0.39 is 0 Å². The van der Waals surface area contributed by atoms with Crippen molar-refractivity contribution in [3.63, 3.8) is 0 Å². The summed E-state index contributed by atoms with van der Waals surface area (Å²) in [6.45, 7) is 2.54. The van der Waals surface area contributed by atoms with E-state index in [0.29, 0.717) is 13.0 Å². The van der Waals surface area contributed by atoms with Crippen molar-refractivity contribution in [1.29, 1.82) is 0 Å². The lowest BCUT2D eigenvalue weighted by Crippen LogP contribution is -2.24. The van der Waals surface area contributed by atoms with Crippen molar-refractivity contribution in [2.75, 3.05) is 11.9 Å². The summed E-state index contributed by atoms with van der Waals surface area (Å²) in [7, 11) is 0. The summed E-state index contributed by atoms with van der Waals surface area (Å²) in [4.78, 5) is 11.4. The minimum atomic E-state index is 0. The Hall–Kier alpha value is -1.26. The molecule has 3 rings (SSSR count). The summed E-state index contributed by atoms with van der Waals surface area (Å²) in [5.74, 6) is 1.06. The van der Waals surface area contributed by atoms with Crippen molar-refractivity contribution in [2.24, 2.45) is 5.73 Å². The second-order valence-electron chi connectivity index (χ2n) is 4.75. The van der Waals surface area contributed by atoms with Crippen molar-refractivity contribution in [3.8, 4) is 5.75 Å². The molecule has 1 unspecified atom stereocenters. The molecule has 0 saturated heterocycles. The summed E-state index contributed by atoms with van der Waals surface area (Å²) in [5, 5.41) is 2.96. The highest BCUT2D eigenvalue weighted by Crippen LogP contribution is 2.40. The van der Waals surface area contributed by atoms with Crippen LogP contribution in [0.15, 0.2) is 6.07 Å². The molecule has 0 fully saturated rings. The van der Waals surface area contributed by atoms with Crippen LogP contribution in [0, 0.1) is 6.92 Å². The first-order valence-electron chi connectivity index (χ1n) is 6.01. The lowest BCUT2D eigenvalue weighted by molar-refractivity contribution is -0.116. The summed E-state index contributed by atoms with van der Waals surface area (Å²) < 4.78 is 5.79. The number of benzene rings is 1. The summed E-state index contributed by atoms with van der Waals surface area (Å²) >= 11 is 0. The van der Waals surface area contributed by atoms with E-state index in [4.69, 9.17) is 10.5 Å². The van der Waals surface area contributed by atoms with Gasteiger partial charge in [-0.1, -0.05) is 0 Å². The molecule has 1 aromatic rings.